The molecule has 2 amide bonds. The van der Waals surface area contributed by atoms with Gasteiger partial charge in [0.1, 0.15) is 0 Å². The Labute approximate surface area is 273 Å². The molecule has 1 aromatic heterocycles. The van der Waals surface area contributed by atoms with E-state index >= 15 is 0 Å². The van der Waals surface area contributed by atoms with Crippen LogP contribution in [0, 0.1) is 24.7 Å². The van der Waals surface area contributed by atoms with Crippen LogP contribution in [-0.4, -0.2) is 67.8 Å². The number of aliphatic carboxylic acids is 2. The number of hydrogen-bond acceptors (Lipinski definition) is 6. The smallest absolute Gasteiger partial charge is 0.303 e. The van der Waals surface area contributed by atoms with E-state index in [1.807, 2.05) is 45.9 Å². The first-order valence-corrected chi connectivity index (χ1v) is 17.3. The number of thiol groups is 2. The van der Waals surface area contributed by atoms with Crippen molar-refractivity contribution in [1.29, 1.82) is 0 Å². The molecule has 0 saturated carbocycles. The summed E-state index contributed by atoms with van der Waals surface area (Å²) in [4.78, 5) is 51.9. The van der Waals surface area contributed by atoms with Crippen LogP contribution in [0.2, 0.25) is 0 Å². The van der Waals surface area contributed by atoms with Gasteiger partial charge < -0.3 is 31.1 Å². The summed E-state index contributed by atoms with van der Waals surface area (Å²) < 4.78 is 0. The SMILES string of the molecule is CC1=C(CCC(=O)O)/C(=C\c2[nH]c(/C=C3\NC(=O)[C@H](C)[C@H]3[C@@H]3C[SH+]3)c(C)c2CCC(=O)O)NC1C[C@H]1NC(=O)/C(=C/CS)C1C. The van der Waals surface area contributed by atoms with Gasteiger partial charge in [0, 0.05) is 70.9 Å². The van der Waals surface area contributed by atoms with Crippen molar-refractivity contribution in [2.75, 3.05) is 11.5 Å². The van der Waals surface area contributed by atoms with Crippen molar-refractivity contribution in [3.8, 4) is 0 Å². The highest BCUT2D eigenvalue weighted by molar-refractivity contribution is 7.86. The second kappa shape index (κ2) is 13.5. The molecule has 4 aliphatic rings. The molecule has 4 aliphatic heterocycles. The van der Waals surface area contributed by atoms with E-state index in [4.69, 9.17) is 0 Å². The first-order valence-electron chi connectivity index (χ1n) is 15.5. The van der Waals surface area contributed by atoms with Crippen LogP contribution in [0.4, 0.5) is 0 Å². The number of rotatable bonds is 12. The van der Waals surface area contributed by atoms with Gasteiger partial charge in [0.25, 0.3) is 0 Å². The number of H-pyrrole nitrogens is 1. The Morgan fingerprint density at radius 2 is 1.69 bits per heavy atom. The quantitative estimate of drug-likeness (QED) is 0.0788. The first-order chi connectivity index (χ1) is 21.4. The first kappa shape index (κ1) is 33.0. The summed E-state index contributed by atoms with van der Waals surface area (Å²) in [6, 6.07) is -0.201. The number of hydrogen-bond donors (Lipinski definition) is 7. The number of carbonyl (C=O) groups excluding carboxylic acids is 2. The minimum absolute atomic E-state index is 0.0109. The number of carboxylic acid groups (broad SMARTS) is 2. The number of carbonyl (C=O) groups is 4. The van der Waals surface area contributed by atoms with Crippen molar-refractivity contribution < 1.29 is 29.4 Å². The van der Waals surface area contributed by atoms with Gasteiger partial charge in [0.2, 0.25) is 11.8 Å². The fourth-order valence-electron chi connectivity index (χ4n) is 6.96. The van der Waals surface area contributed by atoms with Crippen LogP contribution >= 0.6 is 12.6 Å². The summed E-state index contributed by atoms with van der Waals surface area (Å²) in [5.41, 5.74) is 7.72. The highest BCUT2D eigenvalue weighted by Crippen LogP contribution is 2.39. The van der Waals surface area contributed by atoms with Crippen LogP contribution in [0.15, 0.2) is 34.2 Å². The molecule has 10 nitrogen and oxygen atoms in total. The lowest BCUT2D eigenvalue weighted by molar-refractivity contribution is -0.138. The lowest BCUT2D eigenvalue weighted by Crippen LogP contribution is -2.36. The Kier molecular flexibility index (Phi) is 9.93. The zero-order valence-corrected chi connectivity index (χ0v) is 27.9. The van der Waals surface area contributed by atoms with Crippen molar-refractivity contribution in [3.05, 3.63) is 56.7 Å². The van der Waals surface area contributed by atoms with Gasteiger partial charge in [-0.1, -0.05) is 19.9 Å². The van der Waals surface area contributed by atoms with E-state index in [0.717, 1.165) is 56.4 Å². The van der Waals surface area contributed by atoms with Crippen LogP contribution in [0.5, 0.6) is 0 Å². The van der Waals surface area contributed by atoms with E-state index in [0.29, 0.717) is 30.3 Å². The van der Waals surface area contributed by atoms with Gasteiger partial charge in [-0.25, -0.2) is 0 Å². The molecule has 1 aromatic rings. The highest BCUT2D eigenvalue weighted by Gasteiger charge is 2.52. The fraction of sp³-hybridized carbons (Fsp3) is 0.515. The minimum atomic E-state index is -0.894. The molecule has 6 N–H and O–H groups in total. The normalized spacial score (nSPS) is 30.4. The molecule has 0 aromatic carbocycles. The number of nitrogens with one attached hydrogen (secondary N) is 4. The van der Waals surface area contributed by atoms with Crippen molar-refractivity contribution in [1.82, 2.24) is 20.9 Å². The number of aromatic amines is 1. The van der Waals surface area contributed by atoms with Gasteiger partial charge in [-0.2, -0.15) is 12.6 Å². The molecule has 3 fully saturated rings. The van der Waals surface area contributed by atoms with E-state index in [9.17, 15) is 29.4 Å². The van der Waals surface area contributed by atoms with Crippen LogP contribution in [-0.2, 0) is 37.4 Å². The average Bonchev–Trinajstić information content (AvgIpc) is 3.56. The molecule has 242 valence electrons. The zero-order chi connectivity index (χ0) is 32.6. The summed E-state index contributed by atoms with van der Waals surface area (Å²) in [5, 5.41) is 29.3. The Bertz CT molecular complexity index is 1540. The maximum absolute atomic E-state index is 12.6. The topological polar surface area (TPSA) is 161 Å². The molecule has 5 rings (SSSR count). The lowest BCUT2D eigenvalue weighted by Gasteiger charge is -2.21. The highest BCUT2D eigenvalue weighted by atomic mass is 32.2. The molecule has 45 heavy (non-hydrogen) atoms. The lowest BCUT2D eigenvalue weighted by atomic mass is 9.90. The van der Waals surface area contributed by atoms with Crippen LogP contribution in [0.1, 0.15) is 69.0 Å². The second-order valence-electron chi connectivity index (χ2n) is 12.5. The standard InChI is InChI=1S/C33H42N4O6S2/c1-15-19(5-7-29(38)39)25(34-22(15)11-24-17(3)21(9-10-44)33(43)36-24)13-26-20(6-8-30(40)41)16(2)23(35-26)12-27-31(28-14-45-28)18(4)32(42)37-27/h9,12-13,17-18,22,24,28,31,34-35,44H,5-8,10-11,14H2,1-4H3,(H,36,43)(H,37,42)(H,38,39)(H,40,41)/p+1/b21-9+,25-13+,27-12-/t17?,18-,22?,24-,28+,31-/m1/s1. The molecule has 3 saturated heterocycles. The van der Waals surface area contributed by atoms with Gasteiger partial charge in [0.15, 0.2) is 11.0 Å². The van der Waals surface area contributed by atoms with Crippen molar-refractivity contribution in [2.45, 2.75) is 77.1 Å². The molecule has 0 aliphatic carbocycles. The predicted octanol–water partition coefficient (Wildman–Crippen LogP) is 3.14. The van der Waals surface area contributed by atoms with Crippen molar-refractivity contribution in [2.24, 2.45) is 17.8 Å². The third-order valence-corrected chi connectivity index (χ3v) is 11.0. The summed E-state index contributed by atoms with van der Waals surface area (Å²) in [7, 11) is 0. The monoisotopic (exact) mass is 655 g/mol. The van der Waals surface area contributed by atoms with Gasteiger partial charge in [0.05, 0.1) is 5.92 Å². The molecule has 12 heteroatoms. The third kappa shape index (κ3) is 7.06. The molecular formula is C33H43N4O6S2+. The van der Waals surface area contributed by atoms with Crippen molar-refractivity contribution in [3.63, 3.8) is 0 Å². The minimum Gasteiger partial charge on any atom is -0.481 e. The Morgan fingerprint density at radius 1 is 1.00 bits per heavy atom. The molecule has 6 atom stereocenters. The van der Waals surface area contributed by atoms with Crippen LogP contribution in [0.3, 0.4) is 0 Å². The fourth-order valence-corrected chi connectivity index (χ4v) is 8.15. The molecule has 0 spiro atoms. The van der Waals surface area contributed by atoms with Gasteiger partial charge in [-0.05, 0) is 79.3 Å². The Balaban J connectivity index is 1.49. The number of carboxylic acids is 2. The Hall–Kier alpha value is -3.38. The largest absolute Gasteiger partial charge is 0.481 e. The molecular weight excluding hydrogens is 613 g/mol. The predicted molar refractivity (Wildman–Crippen MR) is 180 cm³/mol. The molecule has 0 radical (unpaired) electrons. The van der Waals surface area contributed by atoms with E-state index in [1.165, 1.54) is 11.8 Å². The third-order valence-electron chi connectivity index (χ3n) is 9.73. The van der Waals surface area contributed by atoms with Crippen LogP contribution in [0.25, 0.3) is 12.2 Å². The number of allylic oxidation sites excluding steroid dienone is 2. The maximum atomic E-state index is 12.6. The summed E-state index contributed by atoms with van der Waals surface area (Å²) >= 11 is 5.61. The molecule has 0 bridgehead atoms. The molecule has 2 unspecified atom stereocenters. The van der Waals surface area contributed by atoms with E-state index in [2.05, 4.69) is 33.6 Å². The summed E-state index contributed by atoms with van der Waals surface area (Å²) in [6.07, 6.45) is 7.01. The zero-order valence-electron chi connectivity index (χ0n) is 26.1. The van der Waals surface area contributed by atoms with Crippen molar-refractivity contribution >= 4 is 60.3 Å². The van der Waals surface area contributed by atoms with Gasteiger partial charge >= 0.3 is 11.9 Å². The van der Waals surface area contributed by atoms with Crippen LogP contribution < -0.4 is 16.0 Å². The van der Waals surface area contributed by atoms with E-state index in [1.54, 1.807) is 0 Å². The number of aromatic nitrogens is 1. The maximum Gasteiger partial charge on any atom is 0.303 e. The summed E-state index contributed by atoms with van der Waals surface area (Å²) in [5.74, 6) is -0.216. The van der Waals surface area contributed by atoms with E-state index < -0.39 is 11.9 Å². The summed E-state index contributed by atoms with van der Waals surface area (Å²) in [6.45, 7) is 7.96. The number of amides is 2. The van der Waals surface area contributed by atoms with E-state index in [-0.39, 0.29) is 54.5 Å². The van der Waals surface area contributed by atoms with Gasteiger partial charge in [-0.3, -0.25) is 19.2 Å². The molecule has 5 heterocycles. The van der Waals surface area contributed by atoms with Gasteiger partial charge in [-0.15, -0.1) is 0 Å². The average molecular weight is 656 g/mol. The second-order valence-corrected chi connectivity index (χ2v) is 14.3. The Morgan fingerprint density at radius 3 is 2.33 bits per heavy atom.